The van der Waals surface area contributed by atoms with Crippen LogP contribution in [0.1, 0.15) is 49.3 Å². The highest BCUT2D eigenvalue weighted by molar-refractivity contribution is 5.80. The van der Waals surface area contributed by atoms with E-state index in [2.05, 4.69) is 60.9 Å². The molecule has 154 valence electrons. The summed E-state index contributed by atoms with van der Waals surface area (Å²) in [6.45, 7) is 8.01. The van der Waals surface area contributed by atoms with Crippen LogP contribution in [-0.2, 0) is 17.9 Å². The molecule has 2 N–H and O–H groups in total. The van der Waals surface area contributed by atoms with Crippen LogP contribution in [0.15, 0.2) is 59.6 Å². The van der Waals surface area contributed by atoms with E-state index in [1.165, 1.54) is 16.7 Å². The van der Waals surface area contributed by atoms with E-state index in [1.807, 2.05) is 23.1 Å². The fourth-order valence-electron chi connectivity index (χ4n) is 3.57. The van der Waals surface area contributed by atoms with E-state index < -0.39 is 0 Å². The van der Waals surface area contributed by atoms with Crippen LogP contribution in [-0.4, -0.2) is 36.4 Å². The predicted molar refractivity (Wildman–Crippen MR) is 119 cm³/mol. The zero-order valence-corrected chi connectivity index (χ0v) is 17.5. The van der Waals surface area contributed by atoms with E-state index >= 15 is 0 Å². The number of hydrogen-bond donors (Lipinski definition) is 2. The Labute approximate surface area is 174 Å². The van der Waals surface area contributed by atoms with Gasteiger partial charge in [-0.1, -0.05) is 61.5 Å². The van der Waals surface area contributed by atoms with Crippen molar-refractivity contribution in [3.8, 4) is 0 Å². The summed E-state index contributed by atoms with van der Waals surface area (Å²) in [6.07, 6.45) is 1.35. The summed E-state index contributed by atoms with van der Waals surface area (Å²) in [6, 6.07) is 18.7. The average molecular weight is 393 g/mol. The van der Waals surface area contributed by atoms with E-state index in [9.17, 15) is 4.79 Å². The molecule has 0 radical (unpaired) electrons. The molecule has 3 rings (SSSR count). The Morgan fingerprint density at radius 3 is 2.34 bits per heavy atom. The molecule has 2 aromatic rings. The van der Waals surface area contributed by atoms with Crippen LogP contribution in [0.3, 0.4) is 0 Å². The number of carbonyl (C=O) groups excluding carboxylic acids is 1. The number of benzene rings is 2. The Balaban J connectivity index is 1.41. The molecule has 0 aromatic heterocycles. The molecule has 1 heterocycles. The van der Waals surface area contributed by atoms with E-state index in [1.54, 1.807) is 0 Å². The maximum absolute atomic E-state index is 12.5. The third-order valence-corrected chi connectivity index (χ3v) is 5.29. The number of aliphatic imine (C=N–C) groups is 1. The fourth-order valence-corrected chi connectivity index (χ4v) is 3.57. The van der Waals surface area contributed by atoms with E-state index in [-0.39, 0.29) is 5.91 Å². The van der Waals surface area contributed by atoms with Crippen LogP contribution >= 0.6 is 0 Å². The normalized spacial score (nSPS) is 14.4. The van der Waals surface area contributed by atoms with Gasteiger partial charge in [0, 0.05) is 45.1 Å². The van der Waals surface area contributed by atoms with Gasteiger partial charge in [-0.3, -0.25) is 9.79 Å². The summed E-state index contributed by atoms with van der Waals surface area (Å²) in [5.74, 6) is 1.41. The Bertz CT molecular complexity index is 794. The van der Waals surface area contributed by atoms with Crippen molar-refractivity contribution >= 4 is 11.9 Å². The third-order valence-electron chi connectivity index (χ3n) is 5.29. The number of guanidine groups is 1. The lowest BCUT2D eigenvalue weighted by molar-refractivity contribution is -0.131. The largest absolute Gasteiger partial charge is 0.357 e. The van der Waals surface area contributed by atoms with Gasteiger partial charge in [-0.05, 0) is 30.0 Å². The van der Waals surface area contributed by atoms with Gasteiger partial charge in [-0.25, -0.2) is 0 Å². The van der Waals surface area contributed by atoms with Crippen LogP contribution in [0.5, 0.6) is 0 Å². The van der Waals surface area contributed by atoms with E-state index in [0.717, 1.165) is 45.1 Å². The number of rotatable bonds is 8. The van der Waals surface area contributed by atoms with Crippen LogP contribution in [0.4, 0.5) is 0 Å². The first-order valence-corrected chi connectivity index (χ1v) is 10.6. The summed E-state index contributed by atoms with van der Waals surface area (Å²) in [5.41, 5.74) is 3.84. The quantitative estimate of drug-likeness (QED) is 0.409. The van der Waals surface area contributed by atoms with Gasteiger partial charge in [0.05, 0.1) is 0 Å². The van der Waals surface area contributed by atoms with Gasteiger partial charge in [0.1, 0.15) is 0 Å². The second-order valence-electron chi connectivity index (χ2n) is 7.58. The SMILES string of the molecule is CCNC(=NCC(C)c1ccccc1)NCCCC(=O)N1Cc2ccccc2C1. The molecule has 0 aliphatic carbocycles. The molecular weight excluding hydrogens is 360 g/mol. The van der Waals surface area contributed by atoms with Gasteiger partial charge in [0.15, 0.2) is 5.96 Å². The van der Waals surface area contributed by atoms with Crippen molar-refractivity contribution in [2.24, 2.45) is 4.99 Å². The minimum Gasteiger partial charge on any atom is -0.357 e. The standard InChI is InChI=1S/C24H32N4O/c1-3-25-24(27-16-19(2)20-10-5-4-6-11-20)26-15-9-14-23(29)28-17-21-12-7-8-13-22(21)18-28/h4-8,10-13,19H,3,9,14-18H2,1-2H3,(H2,25,26,27). The summed E-state index contributed by atoms with van der Waals surface area (Å²) in [7, 11) is 0. The van der Waals surface area contributed by atoms with Crippen molar-refractivity contribution in [3.63, 3.8) is 0 Å². The first-order chi connectivity index (χ1) is 14.2. The summed E-state index contributed by atoms with van der Waals surface area (Å²) in [5, 5.41) is 6.65. The highest BCUT2D eigenvalue weighted by Gasteiger charge is 2.22. The monoisotopic (exact) mass is 392 g/mol. The van der Waals surface area contributed by atoms with E-state index in [0.29, 0.717) is 12.3 Å². The molecule has 1 amide bonds. The Hall–Kier alpha value is -2.82. The number of amides is 1. The van der Waals surface area contributed by atoms with Crippen LogP contribution < -0.4 is 10.6 Å². The lowest BCUT2D eigenvalue weighted by Crippen LogP contribution is -2.38. The molecule has 1 unspecified atom stereocenters. The van der Waals surface area contributed by atoms with Gasteiger partial charge in [0.25, 0.3) is 0 Å². The lowest BCUT2D eigenvalue weighted by Gasteiger charge is -2.16. The minimum atomic E-state index is 0.225. The zero-order valence-electron chi connectivity index (χ0n) is 17.5. The van der Waals surface area contributed by atoms with Gasteiger partial charge >= 0.3 is 0 Å². The zero-order chi connectivity index (χ0) is 20.5. The highest BCUT2D eigenvalue weighted by Crippen LogP contribution is 2.22. The maximum atomic E-state index is 12.5. The summed E-state index contributed by atoms with van der Waals surface area (Å²) < 4.78 is 0. The molecule has 0 bridgehead atoms. The smallest absolute Gasteiger partial charge is 0.223 e. The first-order valence-electron chi connectivity index (χ1n) is 10.6. The molecule has 0 spiro atoms. The molecule has 5 heteroatoms. The van der Waals surface area contributed by atoms with Crippen molar-refractivity contribution in [3.05, 3.63) is 71.3 Å². The Morgan fingerprint density at radius 2 is 1.69 bits per heavy atom. The number of carbonyl (C=O) groups is 1. The number of hydrogen-bond acceptors (Lipinski definition) is 2. The van der Waals surface area contributed by atoms with Crippen molar-refractivity contribution in [2.75, 3.05) is 19.6 Å². The average Bonchev–Trinajstić information content (AvgIpc) is 3.19. The van der Waals surface area contributed by atoms with E-state index in [4.69, 9.17) is 4.99 Å². The van der Waals surface area contributed by atoms with Gasteiger partial charge < -0.3 is 15.5 Å². The minimum absolute atomic E-state index is 0.225. The maximum Gasteiger partial charge on any atom is 0.223 e. The predicted octanol–water partition coefficient (Wildman–Crippen LogP) is 3.67. The number of fused-ring (bicyclic) bond motifs is 1. The Morgan fingerprint density at radius 1 is 1.03 bits per heavy atom. The Kier molecular flexibility index (Phi) is 7.68. The highest BCUT2D eigenvalue weighted by atomic mass is 16.2. The van der Waals surface area contributed by atoms with Gasteiger partial charge in [-0.2, -0.15) is 0 Å². The van der Waals surface area contributed by atoms with Crippen LogP contribution in [0, 0.1) is 0 Å². The second-order valence-corrected chi connectivity index (χ2v) is 7.58. The molecule has 29 heavy (non-hydrogen) atoms. The van der Waals surface area contributed by atoms with Gasteiger partial charge in [-0.15, -0.1) is 0 Å². The number of nitrogens with zero attached hydrogens (tertiary/aromatic N) is 2. The fraction of sp³-hybridized carbons (Fsp3) is 0.417. The van der Waals surface area contributed by atoms with Crippen LogP contribution in [0.2, 0.25) is 0 Å². The van der Waals surface area contributed by atoms with Crippen molar-refractivity contribution < 1.29 is 4.79 Å². The molecule has 1 aliphatic rings. The summed E-state index contributed by atoms with van der Waals surface area (Å²) >= 11 is 0. The molecule has 0 saturated carbocycles. The molecule has 0 fully saturated rings. The van der Waals surface area contributed by atoms with Crippen molar-refractivity contribution in [1.82, 2.24) is 15.5 Å². The molecule has 1 aliphatic heterocycles. The molecule has 1 atom stereocenters. The van der Waals surface area contributed by atoms with Crippen LogP contribution in [0.25, 0.3) is 0 Å². The summed E-state index contributed by atoms with van der Waals surface area (Å²) in [4.78, 5) is 19.2. The lowest BCUT2D eigenvalue weighted by atomic mass is 10.0. The van der Waals surface area contributed by atoms with Crippen molar-refractivity contribution in [1.29, 1.82) is 0 Å². The first kappa shape index (κ1) is 20.9. The topological polar surface area (TPSA) is 56.7 Å². The third kappa shape index (κ3) is 6.08. The molecular formula is C24H32N4O. The van der Waals surface area contributed by atoms with Crippen molar-refractivity contribution in [2.45, 2.75) is 45.7 Å². The molecule has 5 nitrogen and oxygen atoms in total. The number of nitrogens with one attached hydrogen (secondary N) is 2. The molecule has 0 saturated heterocycles. The molecule has 2 aromatic carbocycles. The van der Waals surface area contributed by atoms with Gasteiger partial charge in [0.2, 0.25) is 5.91 Å². The second kappa shape index (κ2) is 10.6.